The van der Waals surface area contributed by atoms with Gasteiger partial charge >= 0.3 is 54.0 Å². The number of carboxylic acid groups (broad SMARTS) is 1. The van der Waals surface area contributed by atoms with Crippen LogP contribution in [0.15, 0.2) is 0 Å². The third-order valence-corrected chi connectivity index (χ3v) is 0.981. The summed E-state index contributed by atoms with van der Waals surface area (Å²) in [7, 11) is 0. The van der Waals surface area contributed by atoms with Gasteiger partial charge in [-0.2, -0.15) is 0 Å². The molecule has 3 nitrogen and oxygen atoms in total. The van der Waals surface area contributed by atoms with Crippen LogP contribution >= 0.6 is 0 Å². The monoisotopic (exact) mass is 182 g/mol. The van der Waals surface area contributed by atoms with E-state index in [0.29, 0.717) is 0 Å². The molecule has 0 fully saturated rings. The van der Waals surface area contributed by atoms with Crippen molar-refractivity contribution in [2.45, 2.75) is 12.8 Å². The van der Waals surface area contributed by atoms with Crippen LogP contribution in [-0.4, -0.2) is 36.4 Å². The first-order chi connectivity index (χ1) is 3.63. The van der Waals surface area contributed by atoms with Crippen LogP contribution in [0.25, 0.3) is 0 Å². The molecule has 0 rings (SSSR count). The molecule has 0 bridgehead atoms. The zero-order chi connectivity index (χ0) is 6.57. The first-order valence-corrected chi connectivity index (χ1v) is 2.92. The Morgan fingerprint density at radius 2 is 1.88 bits per heavy atom. The fourth-order valence-corrected chi connectivity index (χ4v) is 0.428. The second-order valence-corrected chi connectivity index (χ2v) is 2.28. The molecule has 8 heavy (non-hydrogen) atoms. The van der Waals surface area contributed by atoms with Gasteiger partial charge in [0.1, 0.15) is 0 Å². The van der Waals surface area contributed by atoms with E-state index in [1.165, 1.54) is 0 Å². The van der Waals surface area contributed by atoms with Crippen LogP contribution in [0.3, 0.4) is 0 Å². The van der Waals surface area contributed by atoms with Gasteiger partial charge in [0.15, 0.2) is 0 Å². The van der Waals surface area contributed by atoms with Gasteiger partial charge in [-0.3, -0.25) is 0 Å². The standard InChI is InChI=1S/C4H6O3Se/c5-3(6)1-2-4(7)8/h1-2H2,(H,5,6)(H,7,8). The predicted molar refractivity (Wildman–Crippen MR) is 29.6 cm³/mol. The number of carboxylic acids is 1. The summed E-state index contributed by atoms with van der Waals surface area (Å²) in [5.41, 5.74) is 0. The summed E-state index contributed by atoms with van der Waals surface area (Å²) in [5, 5.41) is 16.4. The quantitative estimate of drug-likeness (QED) is 0.578. The van der Waals surface area contributed by atoms with Crippen LogP contribution in [0.1, 0.15) is 12.8 Å². The van der Waals surface area contributed by atoms with Gasteiger partial charge in [0.05, 0.1) is 0 Å². The van der Waals surface area contributed by atoms with Crippen molar-refractivity contribution in [1.82, 2.24) is 0 Å². The normalized spacial score (nSPS) is 8.50. The fourth-order valence-electron chi connectivity index (χ4n) is 0.214. The van der Waals surface area contributed by atoms with Crippen LogP contribution in [0.2, 0.25) is 0 Å². The molecular weight excluding hydrogens is 175 g/mol. The first-order valence-electron chi connectivity index (χ1n) is 2.06. The van der Waals surface area contributed by atoms with Crippen LogP contribution < -0.4 is 0 Å². The van der Waals surface area contributed by atoms with Crippen molar-refractivity contribution in [3.8, 4) is 0 Å². The minimum atomic E-state index is -0.896. The molecule has 0 spiro atoms. The molecule has 0 saturated heterocycles. The molecule has 46 valence electrons. The van der Waals surface area contributed by atoms with Crippen LogP contribution in [0.4, 0.5) is 0 Å². The predicted octanol–water partition coefficient (Wildman–Crippen LogP) is -0.478. The summed E-state index contributed by atoms with van der Waals surface area (Å²) >= 11 is 2.30. The molecule has 0 aliphatic rings. The van der Waals surface area contributed by atoms with Crippen molar-refractivity contribution in [1.29, 1.82) is 0 Å². The fraction of sp³-hybridized carbons (Fsp3) is 0.500. The number of aliphatic hydroxyl groups is 1. The molecule has 0 aromatic rings. The second kappa shape index (κ2) is 3.64. The van der Waals surface area contributed by atoms with Crippen molar-refractivity contribution >= 4 is 26.1 Å². The van der Waals surface area contributed by atoms with Gasteiger partial charge in [-0.25, -0.2) is 0 Å². The molecule has 0 heterocycles. The van der Waals surface area contributed by atoms with E-state index in [9.17, 15) is 4.79 Å². The Bertz CT molecular complexity index is 95.9. The van der Waals surface area contributed by atoms with E-state index >= 15 is 0 Å². The summed E-state index contributed by atoms with van der Waals surface area (Å²) in [5.74, 6) is -0.896. The average Bonchev–Trinajstić information content (AvgIpc) is 1.61. The minimum absolute atomic E-state index is 0.0150. The third kappa shape index (κ3) is 5.66. The van der Waals surface area contributed by atoms with Crippen molar-refractivity contribution in [3.05, 3.63) is 0 Å². The summed E-state index contributed by atoms with van der Waals surface area (Å²) < 4.78 is 0.0485. The molecule has 2 N–H and O–H groups in total. The van der Waals surface area contributed by atoms with E-state index in [2.05, 4.69) is 15.6 Å². The number of hydrogen-bond donors (Lipinski definition) is 2. The zero-order valence-corrected chi connectivity index (χ0v) is 5.84. The molecule has 0 aromatic carbocycles. The Labute approximate surface area is 54.7 Å². The Morgan fingerprint density at radius 1 is 1.38 bits per heavy atom. The van der Waals surface area contributed by atoms with E-state index < -0.39 is 5.97 Å². The van der Waals surface area contributed by atoms with Gasteiger partial charge < -0.3 is 0 Å². The Hall–Kier alpha value is -0.341. The van der Waals surface area contributed by atoms with E-state index in [0.717, 1.165) is 0 Å². The van der Waals surface area contributed by atoms with E-state index in [1.807, 2.05) is 0 Å². The summed E-state index contributed by atoms with van der Waals surface area (Å²) in [6.45, 7) is 0. The van der Waals surface area contributed by atoms with Gasteiger partial charge in [-0.1, -0.05) is 0 Å². The van der Waals surface area contributed by atoms with Crippen molar-refractivity contribution < 1.29 is 15.0 Å². The molecular formula is C4H6O3Se. The van der Waals surface area contributed by atoms with Gasteiger partial charge in [-0.15, -0.1) is 0 Å². The maximum absolute atomic E-state index is 9.77. The molecule has 0 saturated carbocycles. The third-order valence-electron chi connectivity index (χ3n) is 0.553. The van der Waals surface area contributed by atoms with Gasteiger partial charge in [0.2, 0.25) is 0 Å². The van der Waals surface area contributed by atoms with Crippen LogP contribution in [0.5, 0.6) is 0 Å². The van der Waals surface area contributed by atoms with Crippen LogP contribution in [0, 0.1) is 0 Å². The van der Waals surface area contributed by atoms with Gasteiger partial charge in [0.25, 0.3) is 0 Å². The van der Waals surface area contributed by atoms with E-state index in [4.69, 9.17) is 10.2 Å². The van der Waals surface area contributed by atoms with Crippen molar-refractivity contribution in [2.75, 3.05) is 0 Å². The molecule has 0 unspecified atom stereocenters. The molecule has 0 aliphatic carbocycles. The average molecular weight is 181 g/mol. The summed E-state index contributed by atoms with van der Waals surface area (Å²) in [6.07, 6.45) is 0.189. The van der Waals surface area contributed by atoms with Crippen LogP contribution in [-0.2, 0) is 4.79 Å². The van der Waals surface area contributed by atoms with Crippen molar-refractivity contribution in [2.24, 2.45) is 0 Å². The van der Waals surface area contributed by atoms with Gasteiger partial charge in [0, 0.05) is 0 Å². The molecule has 4 heteroatoms. The summed E-state index contributed by atoms with van der Waals surface area (Å²) in [6, 6.07) is 0. The summed E-state index contributed by atoms with van der Waals surface area (Å²) in [4.78, 5) is 9.77. The Balaban J connectivity index is 3.18. The number of aliphatic hydroxyl groups excluding tert-OH is 1. The SMILES string of the molecule is O=C(O)CCC(O)=[Se]. The molecule has 0 amide bonds. The Kier molecular flexibility index (Phi) is 3.48. The maximum atomic E-state index is 9.77. The number of carbonyl (C=O) groups is 1. The number of aliphatic carboxylic acids is 1. The molecule has 0 aliphatic heterocycles. The first kappa shape index (κ1) is 7.66. The molecule has 0 atom stereocenters. The molecule has 0 aromatic heterocycles. The molecule has 0 radical (unpaired) electrons. The van der Waals surface area contributed by atoms with E-state index in [-0.39, 0.29) is 17.4 Å². The second-order valence-electron chi connectivity index (χ2n) is 1.29. The van der Waals surface area contributed by atoms with Gasteiger partial charge in [-0.05, 0) is 0 Å². The van der Waals surface area contributed by atoms with Crippen molar-refractivity contribution in [3.63, 3.8) is 0 Å². The van der Waals surface area contributed by atoms with E-state index in [1.54, 1.807) is 0 Å². The zero-order valence-electron chi connectivity index (χ0n) is 4.13. The Morgan fingerprint density at radius 3 is 2.00 bits per heavy atom. The number of rotatable bonds is 3. The topological polar surface area (TPSA) is 57.5 Å². The number of hydrogen-bond acceptors (Lipinski definition) is 2.